The fourth-order valence-corrected chi connectivity index (χ4v) is 2.44. The van der Waals surface area contributed by atoms with Crippen molar-refractivity contribution in [3.63, 3.8) is 0 Å². The Morgan fingerprint density at radius 1 is 1.30 bits per heavy atom. The number of nitrogens with two attached hydrogens (primary N) is 1. The second-order valence-corrected chi connectivity index (χ2v) is 5.45. The molecule has 0 spiro atoms. The number of anilines is 1. The monoisotopic (exact) mass is 305 g/mol. The van der Waals surface area contributed by atoms with Crippen LogP contribution in [0.25, 0.3) is 0 Å². The van der Waals surface area contributed by atoms with Crippen LogP contribution in [0, 0.1) is 6.92 Å². The van der Waals surface area contributed by atoms with Crippen molar-refractivity contribution >= 4 is 34.6 Å². The van der Waals surface area contributed by atoms with E-state index in [-0.39, 0.29) is 6.04 Å². The van der Waals surface area contributed by atoms with Gasteiger partial charge >= 0.3 is 0 Å². The van der Waals surface area contributed by atoms with Gasteiger partial charge in [-0.25, -0.2) is 4.98 Å². The molecule has 0 bridgehead atoms. The Morgan fingerprint density at radius 3 is 2.65 bits per heavy atom. The molecule has 0 saturated carbocycles. The Bertz CT molecular complexity index is 643. The van der Waals surface area contributed by atoms with Crippen LogP contribution in [0.2, 0.25) is 5.02 Å². The molecule has 5 heteroatoms. The van der Waals surface area contributed by atoms with Crippen LogP contribution in [0.4, 0.5) is 5.82 Å². The molecule has 0 fully saturated rings. The molecule has 1 aromatic carbocycles. The number of thiocarbonyl (C=S) groups is 1. The summed E-state index contributed by atoms with van der Waals surface area (Å²) in [6, 6.07) is 11.5. The first kappa shape index (κ1) is 14.8. The van der Waals surface area contributed by atoms with E-state index < -0.39 is 0 Å². The zero-order chi connectivity index (χ0) is 14.7. The predicted molar refractivity (Wildman–Crippen MR) is 88.4 cm³/mol. The Balaban J connectivity index is 2.32. The summed E-state index contributed by atoms with van der Waals surface area (Å²) >= 11 is 11.3. The van der Waals surface area contributed by atoms with Gasteiger partial charge in [0, 0.05) is 10.7 Å². The third-order valence-corrected chi connectivity index (χ3v) is 3.59. The number of hydrogen-bond acceptors (Lipinski definition) is 3. The minimum absolute atomic E-state index is 0.00565. The number of aromatic nitrogens is 1. The van der Waals surface area contributed by atoms with E-state index in [1.54, 1.807) is 0 Å². The number of aryl methyl sites for hydroxylation is 1. The highest BCUT2D eigenvalue weighted by molar-refractivity contribution is 7.80. The second kappa shape index (κ2) is 6.20. The van der Waals surface area contributed by atoms with Crippen molar-refractivity contribution in [2.45, 2.75) is 19.9 Å². The molecule has 1 unspecified atom stereocenters. The minimum Gasteiger partial charge on any atom is -0.389 e. The molecular formula is C15H16ClN3S. The van der Waals surface area contributed by atoms with Crippen LogP contribution in [0.15, 0.2) is 36.4 Å². The zero-order valence-electron chi connectivity index (χ0n) is 11.4. The van der Waals surface area contributed by atoms with Crippen molar-refractivity contribution in [3.8, 4) is 0 Å². The largest absolute Gasteiger partial charge is 0.389 e. The van der Waals surface area contributed by atoms with Crippen LogP contribution in [0.5, 0.6) is 0 Å². The Kier molecular flexibility index (Phi) is 4.57. The molecule has 104 valence electrons. The Hall–Kier alpha value is -1.65. The summed E-state index contributed by atoms with van der Waals surface area (Å²) in [4.78, 5) is 4.79. The fraction of sp³-hybridized carbons (Fsp3) is 0.200. The lowest BCUT2D eigenvalue weighted by molar-refractivity contribution is 0.872. The van der Waals surface area contributed by atoms with Crippen LogP contribution in [-0.2, 0) is 0 Å². The van der Waals surface area contributed by atoms with Gasteiger partial charge in [-0.05, 0) is 37.6 Å². The van der Waals surface area contributed by atoms with Crippen molar-refractivity contribution in [3.05, 3.63) is 58.2 Å². The normalized spacial score (nSPS) is 11.9. The van der Waals surface area contributed by atoms with Crippen molar-refractivity contribution in [2.75, 3.05) is 5.32 Å². The Labute approximate surface area is 129 Å². The molecule has 3 N–H and O–H groups in total. The molecule has 0 amide bonds. The van der Waals surface area contributed by atoms with E-state index >= 15 is 0 Å². The van der Waals surface area contributed by atoms with Crippen LogP contribution in [-0.4, -0.2) is 9.97 Å². The van der Waals surface area contributed by atoms with Crippen molar-refractivity contribution in [1.82, 2.24) is 4.98 Å². The first-order chi connectivity index (χ1) is 9.49. The van der Waals surface area contributed by atoms with Crippen LogP contribution < -0.4 is 11.1 Å². The summed E-state index contributed by atoms with van der Waals surface area (Å²) in [5.74, 6) is 0.685. The highest BCUT2D eigenvalue weighted by Crippen LogP contribution is 2.26. The van der Waals surface area contributed by atoms with Gasteiger partial charge in [0.25, 0.3) is 0 Å². The first-order valence-corrected chi connectivity index (χ1v) is 7.06. The molecule has 1 atom stereocenters. The van der Waals surface area contributed by atoms with Gasteiger partial charge in [-0.15, -0.1) is 0 Å². The summed E-state index contributed by atoms with van der Waals surface area (Å²) in [5, 5.41) is 4.05. The lowest BCUT2D eigenvalue weighted by atomic mass is 10.1. The molecule has 2 rings (SSSR count). The molecule has 0 aliphatic carbocycles. The highest BCUT2D eigenvalue weighted by Gasteiger charge is 2.13. The van der Waals surface area contributed by atoms with Crippen molar-refractivity contribution in [1.29, 1.82) is 0 Å². The lowest BCUT2D eigenvalue weighted by Crippen LogP contribution is -2.17. The molecule has 1 aromatic heterocycles. The maximum absolute atomic E-state index is 6.21. The zero-order valence-corrected chi connectivity index (χ0v) is 12.9. The van der Waals surface area contributed by atoms with Crippen LogP contribution in [0.3, 0.4) is 0 Å². The number of nitrogens with one attached hydrogen (secondary N) is 1. The van der Waals surface area contributed by atoms with Crippen molar-refractivity contribution < 1.29 is 0 Å². The summed E-state index contributed by atoms with van der Waals surface area (Å²) < 4.78 is 0. The predicted octanol–water partition coefficient (Wildman–Crippen LogP) is 3.85. The molecule has 2 aromatic rings. The number of benzene rings is 1. The standard InChI is InChI=1S/C15H16ClN3S/c1-9-7-8-12(14(17)20)15(18-9)19-10(2)11-5-3-4-6-13(11)16/h3-8,10H,1-2H3,(H2,17,20)(H,18,19). The molecule has 0 aliphatic heterocycles. The number of pyridine rings is 1. The van der Waals surface area contributed by atoms with Crippen molar-refractivity contribution in [2.24, 2.45) is 5.73 Å². The van der Waals surface area contributed by atoms with Gasteiger partial charge in [0.15, 0.2) is 0 Å². The average Bonchev–Trinajstić information content (AvgIpc) is 2.38. The molecule has 20 heavy (non-hydrogen) atoms. The molecule has 0 saturated heterocycles. The number of halogens is 1. The number of rotatable bonds is 4. The lowest BCUT2D eigenvalue weighted by Gasteiger charge is -2.18. The smallest absolute Gasteiger partial charge is 0.136 e. The fourth-order valence-electron chi connectivity index (χ4n) is 1.97. The van der Waals surface area contributed by atoms with E-state index in [0.29, 0.717) is 10.8 Å². The van der Waals surface area contributed by atoms with Gasteiger partial charge in [0.05, 0.1) is 11.6 Å². The molecule has 0 aliphatic rings. The van der Waals surface area contributed by atoms with Gasteiger partial charge in [-0.3, -0.25) is 0 Å². The SMILES string of the molecule is Cc1ccc(C(N)=S)c(NC(C)c2ccccc2Cl)n1. The van der Waals surface area contributed by atoms with Crippen LogP contribution in [0.1, 0.15) is 29.8 Å². The van der Waals surface area contributed by atoms with E-state index in [1.807, 2.05) is 50.2 Å². The second-order valence-electron chi connectivity index (χ2n) is 4.60. The maximum atomic E-state index is 6.21. The first-order valence-electron chi connectivity index (χ1n) is 6.27. The van der Waals surface area contributed by atoms with Crippen LogP contribution >= 0.6 is 23.8 Å². The summed E-state index contributed by atoms with van der Waals surface area (Å²) in [5.41, 5.74) is 8.38. The van der Waals surface area contributed by atoms with Gasteiger partial charge < -0.3 is 11.1 Å². The summed E-state index contributed by atoms with van der Waals surface area (Å²) in [7, 11) is 0. The minimum atomic E-state index is 0.00565. The summed E-state index contributed by atoms with van der Waals surface area (Å²) in [6.07, 6.45) is 0. The third-order valence-electron chi connectivity index (χ3n) is 3.02. The van der Waals surface area contributed by atoms with E-state index in [1.165, 1.54) is 0 Å². The quantitative estimate of drug-likeness (QED) is 0.842. The topological polar surface area (TPSA) is 50.9 Å². The van der Waals surface area contributed by atoms with Gasteiger partial charge in [0.1, 0.15) is 10.8 Å². The van der Waals surface area contributed by atoms with E-state index in [0.717, 1.165) is 21.8 Å². The molecule has 1 heterocycles. The van der Waals surface area contributed by atoms with E-state index in [9.17, 15) is 0 Å². The van der Waals surface area contributed by atoms with E-state index in [4.69, 9.17) is 29.6 Å². The Morgan fingerprint density at radius 2 is 2.00 bits per heavy atom. The number of hydrogen-bond donors (Lipinski definition) is 2. The van der Waals surface area contributed by atoms with Gasteiger partial charge in [0.2, 0.25) is 0 Å². The maximum Gasteiger partial charge on any atom is 0.136 e. The van der Waals surface area contributed by atoms with E-state index in [2.05, 4.69) is 10.3 Å². The van der Waals surface area contributed by atoms with Gasteiger partial charge in [-0.1, -0.05) is 42.0 Å². The average molecular weight is 306 g/mol. The summed E-state index contributed by atoms with van der Waals surface area (Å²) in [6.45, 7) is 3.95. The number of nitrogens with zero attached hydrogens (tertiary/aromatic N) is 1. The molecule has 3 nitrogen and oxygen atoms in total. The molecule has 0 radical (unpaired) electrons. The van der Waals surface area contributed by atoms with Gasteiger partial charge in [-0.2, -0.15) is 0 Å². The third kappa shape index (κ3) is 3.26. The highest BCUT2D eigenvalue weighted by atomic mass is 35.5. The molecular weight excluding hydrogens is 290 g/mol.